The van der Waals surface area contributed by atoms with E-state index in [-0.39, 0.29) is 12.5 Å². The molecule has 0 atom stereocenters. The smallest absolute Gasteiger partial charge is 0.244 e. The Morgan fingerprint density at radius 1 is 1.26 bits per heavy atom. The number of hydrogen-bond acceptors (Lipinski definition) is 3. The van der Waals surface area contributed by atoms with E-state index in [0.29, 0.717) is 6.04 Å². The molecule has 1 aromatic heterocycles. The summed E-state index contributed by atoms with van der Waals surface area (Å²) in [5, 5.41) is 10.6. The molecule has 2 N–H and O–H groups in total. The van der Waals surface area contributed by atoms with Crippen LogP contribution in [0, 0.1) is 13.8 Å². The highest BCUT2D eigenvalue weighted by Crippen LogP contribution is 2.31. The molecule has 0 unspecified atom stereocenters. The van der Waals surface area contributed by atoms with Gasteiger partial charge in [0.25, 0.3) is 0 Å². The standard InChI is InChI=1S/C18H24N4O/c1-13-6-5-9-16(14(13)2)19-12-18(23)21-17-10-11-20-22(17)15-7-3-4-8-15/h5-6,9-11,15,19H,3-4,7-8,12H2,1-2H3,(H,21,23). The molecule has 1 amide bonds. The third kappa shape index (κ3) is 3.55. The number of amides is 1. The normalized spacial score (nSPS) is 14.9. The molecule has 122 valence electrons. The highest BCUT2D eigenvalue weighted by atomic mass is 16.2. The number of aryl methyl sites for hydroxylation is 1. The van der Waals surface area contributed by atoms with Crippen molar-refractivity contribution in [2.45, 2.75) is 45.6 Å². The van der Waals surface area contributed by atoms with Crippen molar-refractivity contribution in [1.82, 2.24) is 9.78 Å². The van der Waals surface area contributed by atoms with Gasteiger partial charge in [-0.15, -0.1) is 0 Å². The maximum atomic E-state index is 12.2. The fourth-order valence-corrected chi connectivity index (χ4v) is 3.16. The number of rotatable bonds is 5. The molecular weight excluding hydrogens is 288 g/mol. The van der Waals surface area contributed by atoms with Crippen LogP contribution in [0.25, 0.3) is 0 Å². The number of nitrogens with one attached hydrogen (secondary N) is 2. The van der Waals surface area contributed by atoms with Crippen LogP contribution >= 0.6 is 0 Å². The largest absolute Gasteiger partial charge is 0.376 e. The lowest BCUT2D eigenvalue weighted by Crippen LogP contribution is -2.24. The van der Waals surface area contributed by atoms with Gasteiger partial charge in [-0.05, 0) is 43.9 Å². The van der Waals surface area contributed by atoms with Crippen molar-refractivity contribution in [3.63, 3.8) is 0 Å². The van der Waals surface area contributed by atoms with Gasteiger partial charge in [-0.25, -0.2) is 4.68 Å². The molecule has 1 fully saturated rings. The van der Waals surface area contributed by atoms with Crippen LogP contribution in [0.3, 0.4) is 0 Å². The number of carbonyl (C=O) groups is 1. The zero-order chi connectivity index (χ0) is 16.2. The topological polar surface area (TPSA) is 59.0 Å². The summed E-state index contributed by atoms with van der Waals surface area (Å²) in [4.78, 5) is 12.2. The van der Waals surface area contributed by atoms with Crippen LogP contribution in [0.4, 0.5) is 11.5 Å². The molecule has 0 aliphatic heterocycles. The van der Waals surface area contributed by atoms with E-state index in [9.17, 15) is 4.79 Å². The van der Waals surface area contributed by atoms with Gasteiger partial charge in [0.1, 0.15) is 5.82 Å². The first kappa shape index (κ1) is 15.6. The van der Waals surface area contributed by atoms with Crippen LogP contribution in [0.15, 0.2) is 30.5 Å². The average molecular weight is 312 g/mol. The Labute approximate surface area is 137 Å². The van der Waals surface area contributed by atoms with Gasteiger partial charge in [0, 0.05) is 11.8 Å². The molecule has 3 rings (SSSR count). The van der Waals surface area contributed by atoms with E-state index in [2.05, 4.69) is 35.6 Å². The molecule has 1 aliphatic carbocycles. The Bertz CT molecular complexity index is 686. The lowest BCUT2D eigenvalue weighted by Gasteiger charge is -2.15. The maximum absolute atomic E-state index is 12.2. The number of aromatic nitrogens is 2. The molecule has 1 aliphatic rings. The predicted octanol–water partition coefficient (Wildman–Crippen LogP) is 3.67. The van der Waals surface area contributed by atoms with E-state index in [4.69, 9.17) is 0 Å². The van der Waals surface area contributed by atoms with Crippen LogP contribution in [-0.2, 0) is 4.79 Å². The van der Waals surface area contributed by atoms with E-state index in [1.165, 1.54) is 24.0 Å². The van der Waals surface area contributed by atoms with Crippen molar-refractivity contribution < 1.29 is 4.79 Å². The van der Waals surface area contributed by atoms with Gasteiger partial charge in [-0.1, -0.05) is 25.0 Å². The van der Waals surface area contributed by atoms with Gasteiger partial charge in [0.2, 0.25) is 5.91 Å². The second kappa shape index (κ2) is 6.86. The number of nitrogens with zero attached hydrogens (tertiary/aromatic N) is 2. The van der Waals surface area contributed by atoms with E-state index in [1.54, 1.807) is 6.20 Å². The molecular formula is C18H24N4O. The number of hydrogen-bond donors (Lipinski definition) is 2. The van der Waals surface area contributed by atoms with Gasteiger partial charge < -0.3 is 10.6 Å². The predicted molar refractivity (Wildman–Crippen MR) is 92.8 cm³/mol. The van der Waals surface area contributed by atoms with Crippen molar-refractivity contribution in [2.24, 2.45) is 0 Å². The fraction of sp³-hybridized carbons (Fsp3) is 0.444. The highest BCUT2D eigenvalue weighted by molar-refractivity contribution is 5.93. The molecule has 0 bridgehead atoms. The molecule has 23 heavy (non-hydrogen) atoms. The fourth-order valence-electron chi connectivity index (χ4n) is 3.16. The van der Waals surface area contributed by atoms with Crippen LogP contribution in [0.2, 0.25) is 0 Å². The minimum atomic E-state index is -0.0503. The first-order chi connectivity index (χ1) is 11.1. The van der Waals surface area contributed by atoms with Crippen molar-refractivity contribution >= 4 is 17.4 Å². The summed E-state index contributed by atoms with van der Waals surface area (Å²) in [6.07, 6.45) is 6.53. The Balaban J connectivity index is 1.60. The zero-order valence-electron chi connectivity index (χ0n) is 13.8. The first-order valence-corrected chi connectivity index (χ1v) is 8.28. The van der Waals surface area contributed by atoms with Gasteiger partial charge in [0.05, 0.1) is 18.8 Å². The third-order valence-corrected chi connectivity index (χ3v) is 4.65. The number of benzene rings is 1. The monoisotopic (exact) mass is 312 g/mol. The molecule has 5 heteroatoms. The van der Waals surface area contributed by atoms with Gasteiger partial charge in [-0.3, -0.25) is 4.79 Å². The van der Waals surface area contributed by atoms with Gasteiger partial charge in [0.15, 0.2) is 0 Å². The van der Waals surface area contributed by atoms with E-state index >= 15 is 0 Å². The summed E-state index contributed by atoms with van der Waals surface area (Å²) >= 11 is 0. The Morgan fingerprint density at radius 2 is 2.04 bits per heavy atom. The Kier molecular flexibility index (Phi) is 4.65. The summed E-state index contributed by atoms with van der Waals surface area (Å²) in [7, 11) is 0. The molecule has 0 spiro atoms. The minimum absolute atomic E-state index is 0.0503. The molecule has 2 aromatic rings. The van der Waals surface area contributed by atoms with Crippen molar-refractivity contribution in [3.8, 4) is 0 Å². The SMILES string of the molecule is Cc1cccc(NCC(=O)Nc2ccnn2C2CCCC2)c1C. The lowest BCUT2D eigenvalue weighted by molar-refractivity contribution is -0.114. The van der Waals surface area contributed by atoms with Gasteiger partial charge in [-0.2, -0.15) is 5.10 Å². The summed E-state index contributed by atoms with van der Waals surface area (Å²) in [6.45, 7) is 4.38. The molecule has 0 saturated heterocycles. The van der Waals surface area contributed by atoms with E-state index < -0.39 is 0 Å². The van der Waals surface area contributed by atoms with Crippen LogP contribution < -0.4 is 10.6 Å². The molecule has 0 radical (unpaired) electrons. The van der Waals surface area contributed by atoms with E-state index in [1.807, 2.05) is 22.9 Å². The second-order valence-electron chi connectivity index (χ2n) is 6.25. The highest BCUT2D eigenvalue weighted by Gasteiger charge is 2.20. The lowest BCUT2D eigenvalue weighted by atomic mass is 10.1. The number of anilines is 2. The summed E-state index contributed by atoms with van der Waals surface area (Å²) in [6, 6.07) is 8.36. The van der Waals surface area contributed by atoms with Crippen molar-refractivity contribution in [1.29, 1.82) is 0 Å². The summed E-state index contributed by atoms with van der Waals surface area (Å²) < 4.78 is 1.96. The second-order valence-corrected chi connectivity index (χ2v) is 6.25. The maximum Gasteiger partial charge on any atom is 0.244 e. The van der Waals surface area contributed by atoms with Gasteiger partial charge >= 0.3 is 0 Å². The first-order valence-electron chi connectivity index (χ1n) is 8.28. The zero-order valence-corrected chi connectivity index (χ0v) is 13.8. The summed E-state index contributed by atoms with van der Waals surface area (Å²) in [5.74, 6) is 0.746. The molecule has 5 nitrogen and oxygen atoms in total. The van der Waals surface area contributed by atoms with Crippen LogP contribution in [0.1, 0.15) is 42.9 Å². The third-order valence-electron chi connectivity index (χ3n) is 4.65. The average Bonchev–Trinajstić information content (AvgIpc) is 3.19. The van der Waals surface area contributed by atoms with Crippen molar-refractivity contribution in [2.75, 3.05) is 17.2 Å². The van der Waals surface area contributed by atoms with E-state index in [0.717, 1.165) is 24.3 Å². The van der Waals surface area contributed by atoms with Crippen LogP contribution in [0.5, 0.6) is 0 Å². The minimum Gasteiger partial charge on any atom is -0.376 e. The molecule has 1 saturated carbocycles. The molecule has 1 aromatic carbocycles. The van der Waals surface area contributed by atoms with Crippen molar-refractivity contribution in [3.05, 3.63) is 41.6 Å². The Hall–Kier alpha value is -2.30. The van der Waals surface area contributed by atoms with Crippen LogP contribution in [-0.4, -0.2) is 22.2 Å². The molecule has 1 heterocycles. The summed E-state index contributed by atoms with van der Waals surface area (Å²) in [5.41, 5.74) is 3.40. The Morgan fingerprint density at radius 3 is 2.83 bits per heavy atom. The quantitative estimate of drug-likeness (QED) is 0.885. The number of carbonyl (C=O) groups excluding carboxylic acids is 1.